The quantitative estimate of drug-likeness (QED) is 0.674. The molecule has 0 unspecified atom stereocenters. The molecule has 0 aliphatic rings. The minimum Gasteiger partial charge on any atom is -0.324 e. The lowest BCUT2D eigenvalue weighted by Gasteiger charge is -2.08. The number of hydrogen-bond acceptors (Lipinski definition) is 4. The molecule has 1 aromatic heterocycles. The third kappa shape index (κ3) is 3.76. The second-order valence-corrected chi connectivity index (χ2v) is 4.99. The van der Waals surface area contributed by atoms with Crippen molar-refractivity contribution in [2.45, 2.75) is 6.54 Å². The number of hydrogen-bond donors (Lipinski definition) is 1. The molecule has 1 heterocycles. The fourth-order valence-electron chi connectivity index (χ4n) is 1.66. The summed E-state index contributed by atoms with van der Waals surface area (Å²) in [6.45, 7) is -0.304. The largest absolute Gasteiger partial charge is 0.324 e. The molecule has 0 aliphatic carbocycles. The second-order valence-electron chi connectivity index (χ2n) is 4.14. The highest BCUT2D eigenvalue weighted by Gasteiger charge is 2.11. The molecule has 1 amide bonds. The number of pyridine rings is 1. The number of nitrogens with zero attached hydrogens (tertiary/aromatic N) is 2. The zero-order chi connectivity index (χ0) is 15.4. The van der Waals surface area contributed by atoms with Crippen molar-refractivity contribution in [2.75, 3.05) is 5.32 Å². The molecule has 1 aromatic carbocycles. The van der Waals surface area contributed by atoms with E-state index in [1.807, 2.05) is 0 Å². The molecule has 2 aromatic rings. The van der Waals surface area contributed by atoms with Crippen LogP contribution in [0.3, 0.4) is 0 Å². The molecule has 0 atom stereocenters. The van der Waals surface area contributed by atoms with Crippen molar-refractivity contribution in [3.63, 3.8) is 0 Å². The number of nitrogens with one attached hydrogen (secondary N) is 1. The van der Waals surface area contributed by atoms with E-state index >= 15 is 0 Å². The number of anilines is 1. The van der Waals surface area contributed by atoms with Gasteiger partial charge in [0.05, 0.1) is 16.8 Å². The lowest BCUT2D eigenvalue weighted by atomic mass is 10.3. The predicted molar refractivity (Wildman–Crippen MR) is 80.1 cm³/mol. The first kappa shape index (κ1) is 14.9. The Labute approximate surface area is 127 Å². The Morgan fingerprint density at radius 1 is 1.29 bits per heavy atom. The maximum Gasteiger partial charge on any atom is 0.285 e. The molecule has 21 heavy (non-hydrogen) atoms. The van der Waals surface area contributed by atoms with Gasteiger partial charge in [0.25, 0.3) is 11.2 Å². The fourth-order valence-corrected chi connectivity index (χ4v) is 2.04. The minimum absolute atomic E-state index is 0.247. The van der Waals surface area contributed by atoms with Crippen molar-refractivity contribution in [2.24, 2.45) is 0 Å². The van der Waals surface area contributed by atoms with E-state index in [0.717, 1.165) is 22.9 Å². The van der Waals surface area contributed by atoms with Crippen LogP contribution >= 0.6 is 15.9 Å². The van der Waals surface area contributed by atoms with Crippen LogP contribution in [0.2, 0.25) is 0 Å². The van der Waals surface area contributed by atoms with Crippen LogP contribution in [0.4, 0.5) is 11.4 Å². The summed E-state index contributed by atoms with van der Waals surface area (Å²) in [6.07, 6.45) is 1.04. The molecule has 108 valence electrons. The average Bonchev–Trinajstić information content (AvgIpc) is 2.43. The Balaban J connectivity index is 2.17. The van der Waals surface area contributed by atoms with Crippen molar-refractivity contribution >= 4 is 33.2 Å². The molecule has 0 saturated carbocycles. The van der Waals surface area contributed by atoms with Gasteiger partial charge in [-0.05, 0) is 28.1 Å². The monoisotopic (exact) mass is 351 g/mol. The summed E-state index contributed by atoms with van der Waals surface area (Å²) in [5.74, 6) is -0.454. The van der Waals surface area contributed by atoms with Gasteiger partial charge in [-0.3, -0.25) is 24.3 Å². The van der Waals surface area contributed by atoms with Gasteiger partial charge in [0.2, 0.25) is 5.91 Å². The van der Waals surface area contributed by atoms with Crippen molar-refractivity contribution in [1.82, 2.24) is 4.57 Å². The van der Waals surface area contributed by atoms with Crippen molar-refractivity contribution in [3.05, 3.63) is 67.5 Å². The van der Waals surface area contributed by atoms with Crippen molar-refractivity contribution in [3.8, 4) is 0 Å². The molecule has 0 fully saturated rings. The minimum atomic E-state index is -0.623. The Morgan fingerprint density at radius 2 is 2.00 bits per heavy atom. The zero-order valence-corrected chi connectivity index (χ0v) is 12.2. The van der Waals surface area contributed by atoms with Gasteiger partial charge in [0.15, 0.2) is 0 Å². The van der Waals surface area contributed by atoms with Crippen LogP contribution < -0.4 is 10.9 Å². The van der Waals surface area contributed by atoms with Gasteiger partial charge in [-0.2, -0.15) is 0 Å². The van der Waals surface area contributed by atoms with E-state index in [1.165, 1.54) is 0 Å². The van der Waals surface area contributed by atoms with Crippen LogP contribution in [0.15, 0.2) is 51.9 Å². The summed E-state index contributed by atoms with van der Waals surface area (Å²) in [4.78, 5) is 33.6. The molecule has 0 aliphatic heterocycles. The normalized spacial score (nSPS) is 10.1. The SMILES string of the molecule is O=C(Cn1cc([N+](=O)[O-])ccc1=O)Nc1ccccc1Br. The first-order valence-corrected chi connectivity index (χ1v) is 6.66. The lowest BCUT2D eigenvalue weighted by Crippen LogP contribution is -2.27. The fraction of sp³-hybridized carbons (Fsp3) is 0.0769. The van der Waals surface area contributed by atoms with Crippen LogP contribution in [0.25, 0.3) is 0 Å². The summed E-state index contributed by atoms with van der Waals surface area (Å²) in [6, 6.07) is 9.16. The number of para-hydroxylation sites is 1. The Morgan fingerprint density at radius 3 is 2.67 bits per heavy atom. The van der Waals surface area contributed by atoms with Crippen LogP contribution in [0.5, 0.6) is 0 Å². The molecule has 7 nitrogen and oxygen atoms in total. The molecule has 8 heteroatoms. The molecule has 1 N–H and O–H groups in total. The number of rotatable bonds is 4. The number of amides is 1. The maximum atomic E-state index is 11.9. The maximum absolute atomic E-state index is 11.9. The molecule has 0 radical (unpaired) electrons. The van der Waals surface area contributed by atoms with E-state index < -0.39 is 16.4 Å². The average molecular weight is 352 g/mol. The molecular formula is C13H10BrN3O4. The predicted octanol–water partition coefficient (Wildman–Crippen LogP) is 2.16. The third-order valence-electron chi connectivity index (χ3n) is 2.64. The summed E-state index contributed by atoms with van der Waals surface area (Å²) < 4.78 is 1.69. The van der Waals surface area contributed by atoms with E-state index in [4.69, 9.17) is 0 Å². The van der Waals surface area contributed by atoms with Gasteiger partial charge in [0, 0.05) is 16.6 Å². The van der Waals surface area contributed by atoms with Gasteiger partial charge < -0.3 is 5.32 Å². The van der Waals surface area contributed by atoms with Crippen LogP contribution in [0, 0.1) is 10.1 Å². The van der Waals surface area contributed by atoms with E-state index in [2.05, 4.69) is 21.2 Å². The Kier molecular flexibility index (Phi) is 4.49. The summed E-state index contributed by atoms with van der Waals surface area (Å²) in [5.41, 5.74) is -0.174. The van der Waals surface area contributed by atoms with Gasteiger partial charge in [-0.15, -0.1) is 0 Å². The number of benzene rings is 1. The van der Waals surface area contributed by atoms with Crippen molar-refractivity contribution < 1.29 is 9.72 Å². The van der Waals surface area contributed by atoms with Gasteiger partial charge in [0.1, 0.15) is 6.54 Å². The smallest absolute Gasteiger partial charge is 0.285 e. The Bertz CT molecular complexity index is 757. The summed E-state index contributed by atoms with van der Waals surface area (Å²) in [5, 5.41) is 13.3. The van der Waals surface area contributed by atoms with E-state index in [0.29, 0.717) is 10.2 Å². The van der Waals surface area contributed by atoms with E-state index in [1.54, 1.807) is 24.3 Å². The molecule has 0 saturated heterocycles. The Hall–Kier alpha value is -2.48. The second kappa shape index (κ2) is 6.31. The molecule has 0 spiro atoms. The number of carbonyl (C=O) groups is 1. The van der Waals surface area contributed by atoms with Gasteiger partial charge >= 0.3 is 0 Å². The highest BCUT2D eigenvalue weighted by Crippen LogP contribution is 2.21. The zero-order valence-electron chi connectivity index (χ0n) is 10.7. The van der Waals surface area contributed by atoms with E-state index in [9.17, 15) is 19.7 Å². The molecule has 2 rings (SSSR count). The summed E-state index contributed by atoms with van der Waals surface area (Å²) in [7, 11) is 0. The highest BCUT2D eigenvalue weighted by atomic mass is 79.9. The van der Waals surface area contributed by atoms with Crippen LogP contribution in [-0.2, 0) is 11.3 Å². The van der Waals surface area contributed by atoms with E-state index in [-0.39, 0.29) is 12.2 Å². The topological polar surface area (TPSA) is 94.2 Å². The molecule has 0 bridgehead atoms. The molecular weight excluding hydrogens is 342 g/mol. The highest BCUT2D eigenvalue weighted by molar-refractivity contribution is 9.10. The van der Waals surface area contributed by atoms with Crippen LogP contribution in [-0.4, -0.2) is 15.4 Å². The third-order valence-corrected chi connectivity index (χ3v) is 3.33. The first-order chi connectivity index (χ1) is 9.97. The number of carbonyl (C=O) groups excluding carboxylic acids is 1. The number of halogens is 1. The lowest BCUT2D eigenvalue weighted by molar-refractivity contribution is -0.385. The van der Waals surface area contributed by atoms with Gasteiger partial charge in [-0.1, -0.05) is 12.1 Å². The van der Waals surface area contributed by atoms with Crippen molar-refractivity contribution in [1.29, 1.82) is 0 Å². The number of aromatic nitrogens is 1. The first-order valence-electron chi connectivity index (χ1n) is 5.86. The van der Waals surface area contributed by atoms with Gasteiger partial charge in [-0.25, -0.2) is 0 Å². The standard InChI is InChI=1S/C13H10BrN3O4/c14-10-3-1-2-4-11(10)15-12(18)8-16-7-9(17(20)21)5-6-13(16)19/h1-7H,8H2,(H,15,18). The summed E-state index contributed by atoms with van der Waals surface area (Å²) >= 11 is 3.28. The van der Waals surface area contributed by atoms with Crippen LogP contribution in [0.1, 0.15) is 0 Å². The number of nitro groups is 1.